The second-order valence-corrected chi connectivity index (χ2v) is 16.3. The molecule has 0 radical (unpaired) electrons. The molecule has 11 nitrogen and oxygen atoms in total. The molecular formula is C32H51N3O8S. The molecule has 3 atom stereocenters. The van der Waals surface area contributed by atoms with Gasteiger partial charge in [-0.05, 0) is 53.0 Å². The van der Waals surface area contributed by atoms with Crippen LogP contribution in [-0.2, 0) is 34.4 Å². The largest absolute Gasteiger partial charge is 0.478 e. The van der Waals surface area contributed by atoms with E-state index in [4.69, 9.17) is 4.74 Å². The van der Waals surface area contributed by atoms with Gasteiger partial charge in [-0.2, -0.15) is 0 Å². The number of rotatable bonds is 12. The quantitative estimate of drug-likeness (QED) is 0.326. The molecule has 0 aliphatic heterocycles. The molecule has 1 rings (SSSR count). The fraction of sp³-hybridized carbons (Fsp3) is 0.625. The zero-order chi connectivity index (χ0) is 34.6. The van der Waals surface area contributed by atoms with Crippen molar-refractivity contribution in [1.29, 1.82) is 0 Å². The number of likely N-dealkylation sites (N-methyl/N-ethyl adjacent to an activating group) is 2. The Morgan fingerprint density at radius 2 is 1.43 bits per heavy atom. The monoisotopic (exact) mass is 637 g/mol. The maximum Gasteiger partial charge on any atom is 0.410 e. The molecule has 3 amide bonds. The number of benzene rings is 1. The van der Waals surface area contributed by atoms with Crippen molar-refractivity contribution < 1.29 is 37.4 Å². The second kappa shape index (κ2) is 14.1. The molecule has 0 unspecified atom stereocenters. The van der Waals surface area contributed by atoms with Crippen molar-refractivity contribution in [3.05, 3.63) is 47.5 Å². The van der Waals surface area contributed by atoms with Crippen LogP contribution in [0.3, 0.4) is 0 Å². The smallest absolute Gasteiger partial charge is 0.410 e. The molecule has 2 N–H and O–H groups in total. The van der Waals surface area contributed by atoms with Gasteiger partial charge in [0.2, 0.25) is 11.8 Å². The first-order valence-electron chi connectivity index (χ1n) is 14.5. The van der Waals surface area contributed by atoms with Gasteiger partial charge in [-0.3, -0.25) is 14.5 Å². The van der Waals surface area contributed by atoms with E-state index in [2.05, 4.69) is 5.32 Å². The van der Waals surface area contributed by atoms with Gasteiger partial charge in [0.15, 0.2) is 9.84 Å². The molecule has 0 aromatic heterocycles. The standard InChI is InChI=1S/C32H51N3O8S/c1-20(2)23(19-21(3)28(38)39)34(11)27(37)24(32(9,10)44(13,41)42)33-26(36)25(35(12)29(40)43-30(4,5)6)31(7,8)22-17-15-14-16-18-22/h14-20,23-25H,1-13H3,(H,33,36)(H,38,39)/b21-19+/t23-,24-,25-/m1/s1. The molecule has 0 aliphatic carbocycles. The molecule has 0 fully saturated rings. The summed E-state index contributed by atoms with van der Waals surface area (Å²) in [6, 6.07) is 5.46. The SMILES string of the molecule is C/C(=C\[C@H](C(C)C)N(C)C(=O)[C@@H](NC(=O)[C@@H](N(C)C(=O)OC(C)(C)C)C(C)(C)c1ccccc1)C(C)(C)S(C)(=O)=O)C(=O)O. The number of amides is 3. The van der Waals surface area contributed by atoms with Crippen molar-refractivity contribution in [3.63, 3.8) is 0 Å². The van der Waals surface area contributed by atoms with E-state index in [0.29, 0.717) is 5.56 Å². The van der Waals surface area contributed by atoms with E-state index < -0.39 is 67.6 Å². The summed E-state index contributed by atoms with van der Waals surface area (Å²) in [7, 11) is -1.10. The lowest BCUT2D eigenvalue weighted by Crippen LogP contribution is -2.66. The third-order valence-electron chi connectivity index (χ3n) is 7.94. The highest BCUT2D eigenvalue weighted by atomic mass is 32.2. The second-order valence-electron chi connectivity index (χ2n) is 13.7. The first kappa shape index (κ1) is 38.6. The van der Waals surface area contributed by atoms with Crippen LogP contribution in [0.5, 0.6) is 0 Å². The molecule has 44 heavy (non-hydrogen) atoms. The Hall–Kier alpha value is -3.41. The Labute approximate surface area is 262 Å². The topological polar surface area (TPSA) is 150 Å². The summed E-state index contributed by atoms with van der Waals surface area (Å²) >= 11 is 0. The van der Waals surface area contributed by atoms with Gasteiger partial charge in [0.25, 0.3) is 0 Å². The maximum atomic E-state index is 14.3. The van der Waals surface area contributed by atoms with E-state index in [1.807, 2.05) is 18.2 Å². The van der Waals surface area contributed by atoms with Crippen LogP contribution in [0, 0.1) is 5.92 Å². The molecule has 0 saturated carbocycles. The lowest BCUT2D eigenvalue weighted by atomic mass is 9.76. The van der Waals surface area contributed by atoms with E-state index in [1.165, 1.54) is 45.8 Å². The normalized spacial score (nSPS) is 15.2. The first-order valence-corrected chi connectivity index (χ1v) is 16.4. The summed E-state index contributed by atoms with van der Waals surface area (Å²) in [4.78, 5) is 55.8. The number of hydrogen-bond donors (Lipinski definition) is 2. The van der Waals surface area contributed by atoms with Crippen LogP contribution >= 0.6 is 0 Å². The van der Waals surface area contributed by atoms with Crippen LogP contribution < -0.4 is 5.32 Å². The zero-order valence-electron chi connectivity index (χ0n) is 28.4. The predicted molar refractivity (Wildman–Crippen MR) is 171 cm³/mol. The number of nitrogens with one attached hydrogen (secondary N) is 1. The summed E-state index contributed by atoms with van der Waals surface area (Å²) < 4.78 is 29.9. The van der Waals surface area contributed by atoms with Crippen molar-refractivity contribution in [2.75, 3.05) is 20.4 Å². The van der Waals surface area contributed by atoms with Crippen LogP contribution in [0.15, 0.2) is 42.0 Å². The number of carbonyl (C=O) groups excluding carboxylic acids is 3. The average molecular weight is 638 g/mol. The molecule has 1 aromatic carbocycles. The minimum atomic E-state index is -3.96. The van der Waals surface area contributed by atoms with Crippen LogP contribution in [-0.4, -0.2) is 96.0 Å². The summed E-state index contributed by atoms with van der Waals surface area (Å²) in [5, 5.41) is 12.1. The number of nitrogens with zero attached hydrogens (tertiary/aromatic N) is 2. The first-order chi connectivity index (χ1) is 19.8. The van der Waals surface area contributed by atoms with Crippen molar-refractivity contribution in [3.8, 4) is 0 Å². The molecule has 0 heterocycles. The average Bonchev–Trinajstić information content (AvgIpc) is 2.87. The Morgan fingerprint density at radius 3 is 1.84 bits per heavy atom. The Balaban J connectivity index is 3.82. The lowest BCUT2D eigenvalue weighted by Gasteiger charge is -2.42. The van der Waals surface area contributed by atoms with Crippen LogP contribution in [0.1, 0.15) is 74.8 Å². The number of ether oxygens (including phenoxy) is 1. The van der Waals surface area contributed by atoms with Gasteiger partial charge in [0.05, 0.1) is 10.8 Å². The minimum Gasteiger partial charge on any atom is -0.478 e. The molecule has 0 spiro atoms. The van der Waals surface area contributed by atoms with E-state index in [9.17, 15) is 32.7 Å². The number of aliphatic carboxylic acids is 1. The predicted octanol–water partition coefficient (Wildman–Crippen LogP) is 4.02. The zero-order valence-corrected chi connectivity index (χ0v) is 29.2. The molecule has 12 heteroatoms. The highest BCUT2D eigenvalue weighted by molar-refractivity contribution is 7.92. The third kappa shape index (κ3) is 9.30. The Bertz CT molecular complexity index is 1340. The Morgan fingerprint density at radius 1 is 0.932 bits per heavy atom. The van der Waals surface area contributed by atoms with Gasteiger partial charge >= 0.3 is 12.1 Å². The van der Waals surface area contributed by atoms with Crippen molar-refractivity contribution in [2.45, 2.75) is 103 Å². The molecule has 0 bridgehead atoms. The highest BCUT2D eigenvalue weighted by Gasteiger charge is 2.49. The Kier molecular flexibility index (Phi) is 12.4. The number of carboxylic acid groups (broad SMARTS) is 1. The number of carbonyl (C=O) groups is 4. The minimum absolute atomic E-state index is 0.00923. The highest BCUT2D eigenvalue weighted by Crippen LogP contribution is 2.32. The number of sulfone groups is 1. The molecule has 1 aromatic rings. The van der Waals surface area contributed by atoms with Gasteiger partial charge < -0.3 is 20.1 Å². The van der Waals surface area contributed by atoms with Gasteiger partial charge in [-0.25, -0.2) is 18.0 Å². The summed E-state index contributed by atoms with van der Waals surface area (Å²) in [5.74, 6) is -2.92. The van der Waals surface area contributed by atoms with Crippen molar-refractivity contribution in [1.82, 2.24) is 15.1 Å². The maximum absolute atomic E-state index is 14.3. The molecule has 0 aliphatic rings. The van der Waals surface area contributed by atoms with Gasteiger partial charge in [-0.1, -0.05) is 64.1 Å². The summed E-state index contributed by atoms with van der Waals surface area (Å²) in [6.07, 6.45) is 1.62. The van der Waals surface area contributed by atoms with Gasteiger partial charge in [0, 0.05) is 31.3 Å². The summed E-state index contributed by atoms with van der Waals surface area (Å²) in [5.41, 5.74) is -1.17. The van der Waals surface area contributed by atoms with E-state index >= 15 is 0 Å². The number of carboxylic acids is 1. The van der Waals surface area contributed by atoms with E-state index in [1.54, 1.807) is 60.6 Å². The lowest BCUT2D eigenvalue weighted by molar-refractivity contribution is -0.139. The van der Waals surface area contributed by atoms with Crippen LogP contribution in [0.4, 0.5) is 4.79 Å². The third-order valence-corrected chi connectivity index (χ3v) is 10.1. The number of hydrogen-bond acceptors (Lipinski definition) is 7. The molecule has 248 valence electrons. The van der Waals surface area contributed by atoms with Gasteiger partial charge in [-0.15, -0.1) is 0 Å². The molecule has 0 saturated heterocycles. The fourth-order valence-electron chi connectivity index (χ4n) is 4.85. The fourth-order valence-corrected chi connectivity index (χ4v) is 5.44. The summed E-state index contributed by atoms with van der Waals surface area (Å²) in [6.45, 7) is 16.3. The van der Waals surface area contributed by atoms with Crippen LogP contribution in [0.25, 0.3) is 0 Å². The van der Waals surface area contributed by atoms with Gasteiger partial charge in [0.1, 0.15) is 17.7 Å². The van der Waals surface area contributed by atoms with Crippen molar-refractivity contribution in [2.24, 2.45) is 5.92 Å². The van der Waals surface area contributed by atoms with E-state index in [-0.39, 0.29) is 11.5 Å². The molecular weight excluding hydrogens is 586 g/mol. The van der Waals surface area contributed by atoms with E-state index in [0.717, 1.165) is 11.2 Å². The van der Waals surface area contributed by atoms with Crippen LogP contribution in [0.2, 0.25) is 0 Å². The van der Waals surface area contributed by atoms with Crippen molar-refractivity contribution >= 4 is 33.7 Å².